The highest BCUT2D eigenvalue weighted by Gasteiger charge is 2.36. The number of rotatable bonds is 3. The van der Waals surface area contributed by atoms with E-state index in [1.807, 2.05) is 13.0 Å². The molecule has 2 heterocycles. The summed E-state index contributed by atoms with van der Waals surface area (Å²) in [6.07, 6.45) is 0.706. The van der Waals surface area contributed by atoms with Crippen LogP contribution in [0.15, 0.2) is 18.2 Å². The van der Waals surface area contributed by atoms with Gasteiger partial charge in [0.15, 0.2) is 0 Å². The number of nitrogens with one attached hydrogen (secondary N) is 2. The summed E-state index contributed by atoms with van der Waals surface area (Å²) < 4.78 is 5.53. The minimum Gasteiger partial charge on any atom is -0.385 e. The lowest BCUT2D eigenvalue weighted by Gasteiger charge is -2.41. The molecule has 2 unspecified atom stereocenters. The number of morpholine rings is 1. The number of piperidine rings is 1. The van der Waals surface area contributed by atoms with Crippen LogP contribution in [-0.4, -0.2) is 55.1 Å². The van der Waals surface area contributed by atoms with E-state index < -0.39 is 0 Å². The Bertz CT molecular complexity index is 623. The van der Waals surface area contributed by atoms with Crippen molar-refractivity contribution in [3.05, 3.63) is 28.8 Å². The quantitative estimate of drug-likeness (QED) is 0.877. The first kappa shape index (κ1) is 16.1. The number of fused-ring (bicyclic) bond motifs is 1. The SMILES string of the molecule is CCNc1ccc(Cl)cc1C(=O)N1CCC2OCC(=O)NC2C1. The van der Waals surface area contributed by atoms with Crippen molar-refractivity contribution in [1.29, 1.82) is 0 Å². The molecule has 2 atom stereocenters. The van der Waals surface area contributed by atoms with E-state index in [0.717, 1.165) is 12.2 Å². The zero-order chi connectivity index (χ0) is 16.4. The molecule has 0 bridgehead atoms. The average molecular weight is 338 g/mol. The van der Waals surface area contributed by atoms with Gasteiger partial charge in [-0.15, -0.1) is 0 Å². The van der Waals surface area contributed by atoms with Crippen molar-refractivity contribution in [2.24, 2.45) is 0 Å². The van der Waals surface area contributed by atoms with Crippen molar-refractivity contribution < 1.29 is 14.3 Å². The maximum Gasteiger partial charge on any atom is 0.256 e. The number of nitrogens with zero attached hydrogens (tertiary/aromatic N) is 1. The second kappa shape index (κ2) is 6.76. The number of ether oxygens (including phenoxy) is 1. The first-order chi connectivity index (χ1) is 11.1. The van der Waals surface area contributed by atoms with Crippen LogP contribution in [0, 0.1) is 0 Å². The second-order valence-corrected chi connectivity index (χ2v) is 6.22. The van der Waals surface area contributed by atoms with E-state index in [0.29, 0.717) is 30.1 Å². The molecule has 3 rings (SSSR count). The van der Waals surface area contributed by atoms with Gasteiger partial charge in [-0.2, -0.15) is 0 Å². The van der Waals surface area contributed by atoms with Crippen LogP contribution in [0.1, 0.15) is 23.7 Å². The number of halogens is 1. The Kier molecular flexibility index (Phi) is 4.73. The van der Waals surface area contributed by atoms with Crippen LogP contribution in [0.2, 0.25) is 5.02 Å². The van der Waals surface area contributed by atoms with Gasteiger partial charge in [-0.25, -0.2) is 0 Å². The number of anilines is 1. The Balaban J connectivity index is 1.78. The maximum absolute atomic E-state index is 12.9. The molecule has 2 aliphatic heterocycles. The topological polar surface area (TPSA) is 70.7 Å². The molecule has 6 nitrogen and oxygen atoms in total. The number of likely N-dealkylation sites (tertiary alicyclic amines) is 1. The molecule has 0 radical (unpaired) electrons. The fraction of sp³-hybridized carbons (Fsp3) is 0.500. The molecule has 2 N–H and O–H groups in total. The Morgan fingerprint density at radius 3 is 3.13 bits per heavy atom. The molecule has 2 saturated heterocycles. The van der Waals surface area contributed by atoms with Gasteiger partial charge in [0, 0.05) is 30.3 Å². The summed E-state index contributed by atoms with van der Waals surface area (Å²) >= 11 is 6.05. The van der Waals surface area contributed by atoms with Gasteiger partial charge in [0.05, 0.1) is 17.7 Å². The van der Waals surface area contributed by atoms with Gasteiger partial charge in [-0.3, -0.25) is 9.59 Å². The Morgan fingerprint density at radius 2 is 2.35 bits per heavy atom. The highest BCUT2D eigenvalue weighted by atomic mass is 35.5. The molecular formula is C16H20ClN3O3. The van der Waals surface area contributed by atoms with Gasteiger partial charge < -0.3 is 20.3 Å². The van der Waals surface area contributed by atoms with Gasteiger partial charge in [0.25, 0.3) is 5.91 Å². The van der Waals surface area contributed by atoms with E-state index in [1.54, 1.807) is 17.0 Å². The van der Waals surface area contributed by atoms with Gasteiger partial charge in [0.1, 0.15) is 6.61 Å². The predicted molar refractivity (Wildman–Crippen MR) is 87.8 cm³/mol. The summed E-state index contributed by atoms with van der Waals surface area (Å²) in [6.45, 7) is 3.86. The standard InChI is InChI=1S/C16H20ClN3O3/c1-2-18-12-4-3-10(17)7-11(12)16(22)20-6-5-14-13(8-20)19-15(21)9-23-14/h3-4,7,13-14,18H,2,5-6,8-9H2,1H3,(H,19,21). The van der Waals surface area contributed by atoms with Crippen LogP contribution in [-0.2, 0) is 9.53 Å². The minimum atomic E-state index is -0.143. The first-order valence-corrected chi connectivity index (χ1v) is 8.20. The smallest absolute Gasteiger partial charge is 0.256 e. The molecule has 2 fully saturated rings. The lowest BCUT2D eigenvalue weighted by atomic mass is 9.99. The molecule has 0 aliphatic carbocycles. The van der Waals surface area contributed by atoms with Gasteiger partial charge in [-0.05, 0) is 31.5 Å². The van der Waals surface area contributed by atoms with E-state index in [9.17, 15) is 9.59 Å². The molecule has 0 aromatic heterocycles. The molecule has 0 spiro atoms. The molecule has 1 aromatic rings. The van der Waals surface area contributed by atoms with Crippen LogP contribution in [0.25, 0.3) is 0 Å². The largest absolute Gasteiger partial charge is 0.385 e. The summed E-state index contributed by atoms with van der Waals surface area (Å²) in [6, 6.07) is 5.12. The average Bonchev–Trinajstić information content (AvgIpc) is 2.55. The molecule has 0 saturated carbocycles. The number of amides is 2. The van der Waals surface area contributed by atoms with Gasteiger partial charge in [0.2, 0.25) is 5.91 Å². The van der Waals surface area contributed by atoms with E-state index in [1.165, 1.54) is 0 Å². The minimum absolute atomic E-state index is 0.00986. The van der Waals surface area contributed by atoms with Crippen LogP contribution >= 0.6 is 11.6 Å². The zero-order valence-electron chi connectivity index (χ0n) is 13.0. The zero-order valence-corrected chi connectivity index (χ0v) is 13.7. The number of hydrogen-bond acceptors (Lipinski definition) is 4. The molecule has 7 heteroatoms. The van der Waals surface area contributed by atoms with E-state index in [-0.39, 0.29) is 30.6 Å². The monoisotopic (exact) mass is 337 g/mol. The van der Waals surface area contributed by atoms with Crippen molar-refractivity contribution in [2.45, 2.75) is 25.5 Å². The molecule has 2 aliphatic rings. The van der Waals surface area contributed by atoms with E-state index >= 15 is 0 Å². The van der Waals surface area contributed by atoms with Crippen molar-refractivity contribution >= 4 is 29.1 Å². The fourth-order valence-electron chi connectivity index (χ4n) is 3.09. The van der Waals surface area contributed by atoms with Crippen molar-refractivity contribution in [3.8, 4) is 0 Å². The summed E-state index contributed by atoms with van der Waals surface area (Å²) in [5, 5.41) is 6.62. The number of benzene rings is 1. The third-order valence-electron chi connectivity index (χ3n) is 4.19. The number of hydrogen-bond donors (Lipinski definition) is 2. The highest BCUT2D eigenvalue weighted by Crippen LogP contribution is 2.25. The second-order valence-electron chi connectivity index (χ2n) is 5.78. The van der Waals surface area contributed by atoms with E-state index in [2.05, 4.69) is 10.6 Å². The van der Waals surface area contributed by atoms with Crippen LogP contribution in [0.5, 0.6) is 0 Å². The molecule has 124 valence electrons. The summed E-state index contributed by atoms with van der Waals surface area (Å²) in [5.74, 6) is -0.210. The summed E-state index contributed by atoms with van der Waals surface area (Å²) in [4.78, 5) is 26.1. The Labute approximate surface area is 140 Å². The van der Waals surface area contributed by atoms with Gasteiger partial charge in [-0.1, -0.05) is 11.6 Å². The Morgan fingerprint density at radius 1 is 1.52 bits per heavy atom. The fourth-order valence-corrected chi connectivity index (χ4v) is 3.26. The number of carbonyl (C=O) groups is 2. The maximum atomic E-state index is 12.9. The normalized spacial score (nSPS) is 23.9. The van der Waals surface area contributed by atoms with Crippen molar-refractivity contribution in [1.82, 2.24) is 10.2 Å². The van der Waals surface area contributed by atoms with Crippen LogP contribution in [0.4, 0.5) is 5.69 Å². The first-order valence-electron chi connectivity index (χ1n) is 7.82. The van der Waals surface area contributed by atoms with Crippen LogP contribution < -0.4 is 10.6 Å². The van der Waals surface area contributed by atoms with Crippen molar-refractivity contribution in [2.75, 3.05) is 31.6 Å². The molecule has 23 heavy (non-hydrogen) atoms. The van der Waals surface area contributed by atoms with Crippen molar-refractivity contribution in [3.63, 3.8) is 0 Å². The lowest BCUT2D eigenvalue weighted by Crippen LogP contribution is -2.61. The third kappa shape index (κ3) is 3.43. The summed E-state index contributed by atoms with van der Waals surface area (Å²) in [5.41, 5.74) is 1.33. The Hall–Kier alpha value is -1.79. The third-order valence-corrected chi connectivity index (χ3v) is 4.43. The summed E-state index contributed by atoms with van der Waals surface area (Å²) in [7, 11) is 0. The highest BCUT2D eigenvalue weighted by molar-refractivity contribution is 6.31. The van der Waals surface area contributed by atoms with Crippen LogP contribution in [0.3, 0.4) is 0 Å². The van der Waals surface area contributed by atoms with E-state index in [4.69, 9.17) is 16.3 Å². The lowest BCUT2D eigenvalue weighted by molar-refractivity contribution is -0.139. The predicted octanol–water partition coefficient (Wildman–Crippen LogP) is 1.50. The molecular weight excluding hydrogens is 318 g/mol. The molecule has 1 aromatic carbocycles. The van der Waals surface area contributed by atoms with Gasteiger partial charge >= 0.3 is 0 Å². The molecule has 2 amide bonds. The number of carbonyl (C=O) groups excluding carboxylic acids is 2.